The zero-order chi connectivity index (χ0) is 18.6. The van der Waals surface area contributed by atoms with Gasteiger partial charge in [0.1, 0.15) is 20.5 Å². The van der Waals surface area contributed by atoms with Crippen molar-refractivity contribution < 1.29 is 13.8 Å². The number of hydrogen-bond acceptors (Lipinski definition) is 4. The van der Waals surface area contributed by atoms with Gasteiger partial charge in [0.05, 0.1) is 5.56 Å². The molecule has 1 aliphatic heterocycles. The lowest BCUT2D eigenvalue weighted by atomic mass is 9.98. The number of anilines is 1. The van der Waals surface area contributed by atoms with E-state index >= 15 is 0 Å². The Hall–Kier alpha value is -2.54. The van der Waals surface area contributed by atoms with Crippen LogP contribution >= 0.6 is 0 Å². The quantitative estimate of drug-likeness (QED) is 0.885. The first-order chi connectivity index (χ1) is 13.0. The first-order valence-corrected chi connectivity index (χ1v) is 10.9. The molecule has 2 aliphatic carbocycles. The van der Waals surface area contributed by atoms with Crippen molar-refractivity contribution >= 4 is 27.2 Å². The van der Waals surface area contributed by atoms with Crippen LogP contribution in [0.25, 0.3) is 0 Å². The molecule has 0 bridgehead atoms. The highest BCUT2D eigenvalue weighted by molar-refractivity contribution is 7.95. The molecule has 6 nitrogen and oxygen atoms in total. The van der Waals surface area contributed by atoms with E-state index in [0.717, 1.165) is 44.2 Å². The van der Waals surface area contributed by atoms with Crippen molar-refractivity contribution in [1.29, 1.82) is 0 Å². The molecule has 0 spiro atoms. The Labute approximate surface area is 157 Å². The molecule has 3 aliphatic rings. The van der Waals surface area contributed by atoms with Crippen molar-refractivity contribution in [2.24, 2.45) is 4.36 Å². The van der Waals surface area contributed by atoms with E-state index in [4.69, 9.17) is 0 Å². The molecule has 27 heavy (non-hydrogen) atoms. The summed E-state index contributed by atoms with van der Waals surface area (Å²) in [7, 11) is -3.16. The second-order valence-electron chi connectivity index (χ2n) is 7.32. The molecular formula is C20H19N3O3S. The van der Waals surface area contributed by atoms with E-state index in [9.17, 15) is 13.8 Å². The maximum atomic E-state index is 13.2. The van der Waals surface area contributed by atoms with Crippen LogP contribution in [0, 0.1) is 0 Å². The van der Waals surface area contributed by atoms with Gasteiger partial charge in [-0.25, -0.2) is 9.19 Å². The van der Waals surface area contributed by atoms with E-state index in [0.29, 0.717) is 0 Å². The topological polar surface area (TPSA) is 88.5 Å². The number of amides is 2. The summed E-state index contributed by atoms with van der Waals surface area (Å²) in [6.07, 6.45) is 7.67. The highest BCUT2D eigenvalue weighted by Crippen LogP contribution is 2.38. The highest BCUT2D eigenvalue weighted by atomic mass is 32.2. The van der Waals surface area contributed by atoms with Crippen LogP contribution in [-0.4, -0.2) is 26.8 Å². The maximum absolute atomic E-state index is 13.2. The molecule has 1 N–H and O–H groups in total. The zero-order valence-electron chi connectivity index (χ0n) is 14.8. The molecule has 1 atom stereocenters. The van der Waals surface area contributed by atoms with Gasteiger partial charge in [-0.3, -0.25) is 9.59 Å². The molecule has 2 aromatic rings. The molecule has 0 saturated heterocycles. The number of hydrogen-bond donors (Lipinski definition) is 1. The predicted octanol–water partition coefficient (Wildman–Crippen LogP) is 2.68. The number of carbonyl (C=O) groups excluding carboxylic acids is 2. The van der Waals surface area contributed by atoms with Crippen LogP contribution in [0.5, 0.6) is 0 Å². The van der Waals surface area contributed by atoms with Crippen LogP contribution in [0.15, 0.2) is 33.8 Å². The number of rotatable bonds is 3. The molecule has 1 unspecified atom stereocenters. The summed E-state index contributed by atoms with van der Waals surface area (Å²) in [6.45, 7) is 0. The van der Waals surface area contributed by atoms with Crippen LogP contribution in [0.4, 0.5) is 5.69 Å². The van der Waals surface area contributed by atoms with Gasteiger partial charge in [-0.05, 0) is 72.9 Å². The fourth-order valence-corrected chi connectivity index (χ4v) is 6.26. The highest BCUT2D eigenvalue weighted by Gasteiger charge is 2.33. The number of nitrogens with one attached hydrogen (secondary N) is 1. The third-order valence-electron chi connectivity index (χ3n) is 5.60. The Morgan fingerprint density at radius 1 is 1.11 bits per heavy atom. The molecule has 138 valence electrons. The van der Waals surface area contributed by atoms with Crippen molar-refractivity contribution in [2.45, 2.75) is 43.6 Å². The molecule has 5 rings (SSSR count). The summed E-state index contributed by atoms with van der Waals surface area (Å²) in [5.41, 5.74) is 6.23. The van der Waals surface area contributed by atoms with Crippen molar-refractivity contribution in [3.8, 4) is 0 Å². The van der Waals surface area contributed by atoms with Gasteiger partial charge >= 0.3 is 0 Å². The monoisotopic (exact) mass is 381 g/mol. The summed E-state index contributed by atoms with van der Waals surface area (Å²) in [4.78, 5) is 28.9. The molecule has 1 aromatic carbocycles. The molecule has 0 radical (unpaired) electrons. The van der Waals surface area contributed by atoms with Crippen molar-refractivity contribution in [3.05, 3.63) is 52.2 Å². The van der Waals surface area contributed by atoms with Crippen molar-refractivity contribution in [2.75, 3.05) is 11.1 Å². The maximum Gasteiger partial charge on any atom is 0.288 e. The SMILES string of the molecule is O=C(CS1(=O)=NC(=O)c2cccnc21)Nc1c2c(cc3c1CCC3)CCC2. The number of nitrogens with zero attached hydrogens (tertiary/aromatic N) is 2. The van der Waals surface area contributed by atoms with Crippen LogP contribution < -0.4 is 5.32 Å². The van der Waals surface area contributed by atoms with Crippen molar-refractivity contribution in [1.82, 2.24) is 4.98 Å². The van der Waals surface area contributed by atoms with Gasteiger partial charge in [0.2, 0.25) is 5.91 Å². The predicted molar refractivity (Wildman–Crippen MR) is 101 cm³/mol. The van der Waals surface area contributed by atoms with Crippen LogP contribution in [0.3, 0.4) is 0 Å². The minimum atomic E-state index is -3.16. The molecule has 0 saturated carbocycles. The van der Waals surface area contributed by atoms with E-state index in [-0.39, 0.29) is 22.2 Å². The smallest absolute Gasteiger partial charge is 0.288 e. The fourth-order valence-electron chi connectivity index (χ4n) is 4.46. The standard InChI is InChI=1S/C20H19N3O3S/c24-17(11-27(26)20-16(19(25)23-27)8-3-9-21-20)22-18-14-6-1-4-12(14)10-13-5-2-7-15(13)18/h3,8-10H,1-2,4-7,11H2,(H,22,24). The Balaban J connectivity index is 1.48. The van der Waals surface area contributed by atoms with Crippen LogP contribution in [0.2, 0.25) is 0 Å². The van der Waals surface area contributed by atoms with Crippen molar-refractivity contribution in [3.63, 3.8) is 0 Å². The Kier molecular flexibility index (Phi) is 3.69. The van der Waals surface area contributed by atoms with E-state index in [1.807, 2.05) is 0 Å². The normalized spacial score (nSPS) is 22.1. The number of aromatic nitrogens is 1. The van der Waals surface area contributed by atoms with Crippen LogP contribution in [-0.2, 0) is 40.2 Å². The Bertz CT molecular complexity index is 1100. The third-order valence-corrected chi connectivity index (χ3v) is 7.64. The molecular weight excluding hydrogens is 362 g/mol. The molecule has 0 fully saturated rings. The third kappa shape index (κ3) is 2.60. The van der Waals surface area contributed by atoms with E-state index in [2.05, 4.69) is 20.7 Å². The lowest BCUT2D eigenvalue weighted by Gasteiger charge is -2.16. The summed E-state index contributed by atoms with van der Waals surface area (Å²) in [5.74, 6) is -1.27. The first-order valence-electron chi connectivity index (χ1n) is 9.26. The number of benzene rings is 1. The largest absolute Gasteiger partial charge is 0.325 e. The Morgan fingerprint density at radius 2 is 1.81 bits per heavy atom. The van der Waals surface area contributed by atoms with E-state index in [1.54, 1.807) is 12.1 Å². The average molecular weight is 381 g/mol. The van der Waals surface area contributed by atoms with E-state index < -0.39 is 15.6 Å². The lowest BCUT2D eigenvalue weighted by molar-refractivity contribution is -0.113. The molecule has 2 heterocycles. The average Bonchev–Trinajstić information content (AvgIpc) is 3.34. The fraction of sp³-hybridized carbons (Fsp3) is 0.350. The summed E-state index contributed by atoms with van der Waals surface area (Å²) in [6, 6.07) is 5.45. The second-order valence-corrected chi connectivity index (χ2v) is 9.46. The molecule has 1 aromatic heterocycles. The molecule has 7 heteroatoms. The Morgan fingerprint density at radius 3 is 2.52 bits per heavy atom. The number of carbonyl (C=O) groups is 2. The minimum absolute atomic E-state index is 0.133. The number of aryl methyl sites for hydroxylation is 2. The van der Waals surface area contributed by atoms with Crippen LogP contribution in [0.1, 0.15) is 45.5 Å². The van der Waals surface area contributed by atoms with Gasteiger partial charge in [0.25, 0.3) is 5.91 Å². The molecule has 2 amide bonds. The summed E-state index contributed by atoms with van der Waals surface area (Å²) < 4.78 is 17.0. The first kappa shape index (κ1) is 16.6. The summed E-state index contributed by atoms with van der Waals surface area (Å²) >= 11 is 0. The second kappa shape index (κ2) is 5.99. The zero-order valence-corrected chi connectivity index (χ0v) is 15.6. The van der Waals surface area contributed by atoms with Gasteiger partial charge in [-0.1, -0.05) is 6.07 Å². The van der Waals surface area contributed by atoms with Gasteiger partial charge < -0.3 is 5.32 Å². The number of fused-ring (bicyclic) bond motifs is 3. The lowest BCUT2D eigenvalue weighted by Crippen LogP contribution is -2.24. The van der Waals surface area contributed by atoms with Gasteiger partial charge in [-0.15, -0.1) is 0 Å². The van der Waals surface area contributed by atoms with Gasteiger partial charge in [0.15, 0.2) is 0 Å². The number of pyridine rings is 1. The van der Waals surface area contributed by atoms with Gasteiger partial charge in [-0.2, -0.15) is 4.36 Å². The van der Waals surface area contributed by atoms with E-state index in [1.165, 1.54) is 28.5 Å². The van der Waals surface area contributed by atoms with Gasteiger partial charge in [0, 0.05) is 11.9 Å². The minimum Gasteiger partial charge on any atom is -0.325 e. The summed E-state index contributed by atoms with van der Waals surface area (Å²) in [5, 5.41) is 3.16.